The van der Waals surface area contributed by atoms with Crippen molar-refractivity contribution < 1.29 is 5.11 Å². The second kappa shape index (κ2) is 5.45. The fraction of sp³-hybridized carbons (Fsp3) is 0.353. The van der Waals surface area contributed by atoms with E-state index >= 15 is 0 Å². The molecule has 3 rings (SSSR count). The van der Waals surface area contributed by atoms with Crippen LogP contribution in [0.1, 0.15) is 25.1 Å². The molecule has 0 aliphatic carbocycles. The van der Waals surface area contributed by atoms with Crippen LogP contribution in [0.3, 0.4) is 0 Å². The largest absolute Gasteiger partial charge is 0.503 e. The zero-order valence-electron chi connectivity index (χ0n) is 12.7. The van der Waals surface area contributed by atoms with Gasteiger partial charge in [0.15, 0.2) is 5.75 Å². The van der Waals surface area contributed by atoms with Gasteiger partial charge in [0.1, 0.15) is 0 Å². The van der Waals surface area contributed by atoms with E-state index in [0.717, 1.165) is 22.8 Å². The first-order valence-electron chi connectivity index (χ1n) is 7.27. The number of halogens is 1. The fourth-order valence-corrected chi connectivity index (χ4v) is 3.11. The molecule has 0 unspecified atom stereocenters. The van der Waals surface area contributed by atoms with Crippen LogP contribution in [0.2, 0.25) is 5.02 Å². The second-order valence-electron chi connectivity index (χ2n) is 6.40. The van der Waals surface area contributed by atoms with Crippen LogP contribution in [0.25, 0.3) is 0 Å². The van der Waals surface area contributed by atoms with Gasteiger partial charge in [-0.15, -0.1) is 0 Å². The van der Waals surface area contributed by atoms with Gasteiger partial charge in [0.05, 0.1) is 6.20 Å². The molecule has 0 atom stereocenters. The molecule has 1 N–H and O–H groups in total. The number of rotatable bonds is 2. The van der Waals surface area contributed by atoms with Crippen molar-refractivity contribution in [3.63, 3.8) is 0 Å². The van der Waals surface area contributed by atoms with E-state index in [-0.39, 0.29) is 16.7 Å². The zero-order chi connectivity index (χ0) is 15.9. The van der Waals surface area contributed by atoms with Crippen LogP contribution >= 0.6 is 11.6 Å². The Morgan fingerprint density at radius 2 is 2.05 bits per heavy atom. The highest BCUT2D eigenvalue weighted by Crippen LogP contribution is 2.29. The van der Waals surface area contributed by atoms with Crippen LogP contribution in [0.4, 0.5) is 0 Å². The number of fused-ring (bicyclic) bond motifs is 1. The first kappa shape index (κ1) is 15.1. The van der Waals surface area contributed by atoms with E-state index in [1.165, 1.54) is 12.3 Å². The minimum Gasteiger partial charge on any atom is -0.503 e. The summed E-state index contributed by atoms with van der Waals surface area (Å²) in [6.07, 6.45) is 1.53. The molecule has 2 aromatic rings. The van der Waals surface area contributed by atoms with Crippen LogP contribution in [-0.4, -0.2) is 20.1 Å². The minimum absolute atomic E-state index is 0.103. The summed E-state index contributed by atoms with van der Waals surface area (Å²) in [6, 6.07) is 9.34. The summed E-state index contributed by atoms with van der Waals surface area (Å²) in [7, 11) is 0. The topological polar surface area (TPSA) is 45.5 Å². The maximum absolute atomic E-state index is 11.7. The number of aromatic hydroxyl groups is 1. The van der Waals surface area contributed by atoms with Crippen molar-refractivity contribution in [3.05, 3.63) is 63.0 Å². The Bertz CT molecular complexity index is 767. The molecule has 0 saturated carbocycles. The van der Waals surface area contributed by atoms with E-state index in [0.29, 0.717) is 13.1 Å². The van der Waals surface area contributed by atoms with Gasteiger partial charge in [0, 0.05) is 42.0 Å². The summed E-state index contributed by atoms with van der Waals surface area (Å²) in [6.45, 7) is 6.39. The number of hydrogen-bond donors (Lipinski definition) is 1. The lowest BCUT2D eigenvalue weighted by molar-refractivity contribution is 0.0586. The summed E-state index contributed by atoms with van der Waals surface area (Å²) in [5.41, 5.74) is 1.55. The Balaban J connectivity index is 1.94. The highest BCUT2D eigenvalue weighted by molar-refractivity contribution is 6.31. The van der Waals surface area contributed by atoms with Crippen molar-refractivity contribution in [1.82, 2.24) is 9.47 Å². The highest BCUT2D eigenvalue weighted by Gasteiger charge is 2.33. The van der Waals surface area contributed by atoms with Gasteiger partial charge in [-0.2, -0.15) is 0 Å². The van der Waals surface area contributed by atoms with Crippen molar-refractivity contribution >= 4 is 11.6 Å². The molecular formula is C17H19ClN2O2. The van der Waals surface area contributed by atoms with E-state index in [1.807, 2.05) is 28.8 Å². The normalized spacial score (nSPS) is 17.2. The third kappa shape index (κ3) is 2.76. The molecule has 0 spiro atoms. The molecule has 5 heteroatoms. The Morgan fingerprint density at radius 1 is 1.32 bits per heavy atom. The average Bonchev–Trinajstić information content (AvgIpc) is 2.44. The lowest BCUT2D eigenvalue weighted by atomic mass is 9.97. The zero-order valence-corrected chi connectivity index (χ0v) is 13.5. The molecule has 1 aliphatic rings. The molecule has 0 radical (unpaired) electrons. The van der Waals surface area contributed by atoms with Gasteiger partial charge in [-0.1, -0.05) is 29.8 Å². The van der Waals surface area contributed by atoms with Gasteiger partial charge >= 0.3 is 0 Å². The third-order valence-corrected chi connectivity index (χ3v) is 4.65. The lowest BCUT2D eigenvalue weighted by Gasteiger charge is -2.44. The number of pyridine rings is 1. The molecular weight excluding hydrogens is 300 g/mol. The smallest absolute Gasteiger partial charge is 0.223 e. The minimum atomic E-state index is -0.330. The Morgan fingerprint density at radius 3 is 2.77 bits per heavy atom. The molecule has 4 nitrogen and oxygen atoms in total. The Labute approximate surface area is 134 Å². The monoisotopic (exact) mass is 318 g/mol. The maximum Gasteiger partial charge on any atom is 0.223 e. The molecule has 0 bridgehead atoms. The van der Waals surface area contributed by atoms with Gasteiger partial charge in [0.2, 0.25) is 5.43 Å². The van der Waals surface area contributed by atoms with Crippen LogP contribution in [-0.2, 0) is 19.6 Å². The van der Waals surface area contributed by atoms with Gasteiger partial charge in [-0.3, -0.25) is 9.69 Å². The number of nitrogens with zero attached hydrogens (tertiary/aromatic N) is 2. The van der Waals surface area contributed by atoms with Gasteiger partial charge in [0.25, 0.3) is 0 Å². The predicted octanol–water partition coefficient (Wildman–Crippen LogP) is 3.00. The molecule has 0 fully saturated rings. The molecule has 116 valence electrons. The summed E-state index contributed by atoms with van der Waals surface area (Å²) >= 11 is 6.27. The van der Waals surface area contributed by atoms with Crippen LogP contribution in [0, 0.1) is 0 Å². The molecule has 1 aromatic carbocycles. The van der Waals surface area contributed by atoms with Crippen LogP contribution in [0.5, 0.6) is 5.75 Å². The summed E-state index contributed by atoms with van der Waals surface area (Å²) in [5, 5.41) is 10.4. The lowest BCUT2D eigenvalue weighted by Crippen LogP contribution is -2.50. The van der Waals surface area contributed by atoms with E-state index in [1.54, 1.807) is 0 Å². The average molecular weight is 319 g/mol. The summed E-state index contributed by atoms with van der Waals surface area (Å²) in [4.78, 5) is 14.0. The van der Waals surface area contributed by atoms with Gasteiger partial charge in [-0.05, 0) is 25.5 Å². The molecule has 1 aliphatic heterocycles. The summed E-state index contributed by atoms with van der Waals surface area (Å²) in [5.74, 6) is -0.195. The number of hydrogen-bond acceptors (Lipinski definition) is 3. The van der Waals surface area contributed by atoms with Gasteiger partial charge in [-0.25, -0.2) is 0 Å². The molecule has 0 saturated heterocycles. The van der Waals surface area contributed by atoms with Crippen molar-refractivity contribution in [2.45, 2.75) is 39.0 Å². The first-order valence-corrected chi connectivity index (χ1v) is 7.65. The Hall–Kier alpha value is -1.78. The van der Waals surface area contributed by atoms with Gasteiger partial charge < -0.3 is 9.67 Å². The quantitative estimate of drug-likeness (QED) is 0.926. The second-order valence-corrected chi connectivity index (χ2v) is 6.81. The van der Waals surface area contributed by atoms with E-state index in [2.05, 4.69) is 18.7 Å². The van der Waals surface area contributed by atoms with Crippen LogP contribution in [0.15, 0.2) is 41.3 Å². The van der Waals surface area contributed by atoms with E-state index < -0.39 is 0 Å². The standard InChI is InChI=1S/C17H19ClN2O2/c1-17(2)11-19-10-16(22)15(21)7-13(19)9-20(17)8-12-5-3-4-6-14(12)18/h3-7,10,22H,8-9,11H2,1-2H3. The van der Waals surface area contributed by atoms with E-state index in [4.69, 9.17) is 11.6 Å². The van der Waals surface area contributed by atoms with Crippen molar-refractivity contribution in [2.75, 3.05) is 0 Å². The summed E-state index contributed by atoms with van der Waals surface area (Å²) < 4.78 is 1.96. The van der Waals surface area contributed by atoms with E-state index in [9.17, 15) is 9.90 Å². The number of benzene rings is 1. The SMILES string of the molecule is CC1(C)Cn2cc(O)c(=O)cc2CN1Cc1ccccc1Cl. The molecule has 0 amide bonds. The van der Waals surface area contributed by atoms with Crippen LogP contribution < -0.4 is 5.43 Å². The molecule has 22 heavy (non-hydrogen) atoms. The number of aromatic nitrogens is 1. The first-order chi connectivity index (χ1) is 10.4. The van der Waals surface area contributed by atoms with Crippen molar-refractivity contribution in [3.8, 4) is 5.75 Å². The molecule has 2 heterocycles. The maximum atomic E-state index is 11.7. The highest BCUT2D eigenvalue weighted by atomic mass is 35.5. The fourth-order valence-electron chi connectivity index (χ4n) is 2.91. The van der Waals surface area contributed by atoms with Crippen molar-refractivity contribution in [1.29, 1.82) is 0 Å². The molecule has 1 aromatic heterocycles. The Kier molecular flexibility index (Phi) is 3.75. The third-order valence-electron chi connectivity index (χ3n) is 4.28. The predicted molar refractivity (Wildman–Crippen MR) is 87.1 cm³/mol. The van der Waals surface area contributed by atoms with Crippen molar-refractivity contribution in [2.24, 2.45) is 0 Å².